The summed E-state index contributed by atoms with van der Waals surface area (Å²) < 4.78 is 5.08. The van der Waals surface area contributed by atoms with Crippen molar-refractivity contribution in [1.82, 2.24) is 5.32 Å². The molecule has 1 aliphatic heterocycles. The summed E-state index contributed by atoms with van der Waals surface area (Å²) in [5.41, 5.74) is 1.07. The van der Waals surface area contributed by atoms with Crippen LogP contribution in [0.4, 0.5) is 0 Å². The lowest BCUT2D eigenvalue weighted by atomic mass is 10.0. The summed E-state index contributed by atoms with van der Waals surface area (Å²) in [6.45, 7) is 6.50. The van der Waals surface area contributed by atoms with Gasteiger partial charge in [0.25, 0.3) is 0 Å². The van der Waals surface area contributed by atoms with Crippen LogP contribution in [0.15, 0.2) is 24.3 Å². The van der Waals surface area contributed by atoms with E-state index in [-0.39, 0.29) is 10.1 Å². The third-order valence-electron chi connectivity index (χ3n) is 3.18. The van der Waals surface area contributed by atoms with Crippen molar-refractivity contribution in [2.24, 2.45) is 0 Å². The van der Waals surface area contributed by atoms with Crippen LogP contribution >= 0.6 is 11.8 Å². The third-order valence-corrected chi connectivity index (χ3v) is 4.66. The largest absolute Gasteiger partial charge is 0.494 e. The maximum atomic E-state index is 11.2. The predicted molar refractivity (Wildman–Crippen MR) is 76.6 cm³/mol. The predicted octanol–water partition coefficient (Wildman–Crippen LogP) is 2.65. The van der Waals surface area contributed by atoms with Crippen LogP contribution in [-0.2, 0) is 4.79 Å². The third kappa shape index (κ3) is 3.04. The zero-order chi connectivity index (χ0) is 14.0. The second-order valence-corrected chi connectivity index (χ2v) is 6.80. The highest BCUT2D eigenvalue weighted by Crippen LogP contribution is 2.45. The van der Waals surface area contributed by atoms with E-state index in [1.165, 1.54) is 0 Å². The highest BCUT2D eigenvalue weighted by atomic mass is 32.2. The molecule has 104 valence electrons. The molecule has 2 N–H and O–H groups in total. The topological polar surface area (TPSA) is 58.6 Å². The SMILES string of the molecule is CCOc1ccc(C2NC(C(=O)O)C(C)(C)S2)cc1. The fourth-order valence-electron chi connectivity index (χ4n) is 2.20. The number of aliphatic carboxylic acids is 1. The Hall–Kier alpha value is -1.20. The van der Waals surface area contributed by atoms with Crippen molar-refractivity contribution in [3.63, 3.8) is 0 Å². The van der Waals surface area contributed by atoms with Gasteiger partial charge >= 0.3 is 5.97 Å². The van der Waals surface area contributed by atoms with Crippen LogP contribution in [0, 0.1) is 0 Å². The summed E-state index contributed by atoms with van der Waals surface area (Å²) in [5.74, 6) is 0.0363. The van der Waals surface area contributed by atoms with E-state index in [1.54, 1.807) is 11.8 Å². The molecule has 0 saturated carbocycles. The van der Waals surface area contributed by atoms with Gasteiger partial charge in [0.2, 0.25) is 0 Å². The molecule has 0 radical (unpaired) electrons. The van der Waals surface area contributed by atoms with Gasteiger partial charge in [0, 0.05) is 4.75 Å². The van der Waals surface area contributed by atoms with E-state index in [1.807, 2.05) is 45.0 Å². The maximum absolute atomic E-state index is 11.2. The van der Waals surface area contributed by atoms with Crippen LogP contribution in [0.1, 0.15) is 31.7 Å². The average Bonchev–Trinajstić information content (AvgIpc) is 2.66. The van der Waals surface area contributed by atoms with Gasteiger partial charge < -0.3 is 9.84 Å². The van der Waals surface area contributed by atoms with Crippen molar-refractivity contribution >= 4 is 17.7 Å². The molecule has 1 aromatic rings. The van der Waals surface area contributed by atoms with Gasteiger partial charge in [-0.25, -0.2) is 0 Å². The first-order chi connectivity index (χ1) is 8.94. The molecular formula is C14H19NO3S. The lowest BCUT2D eigenvalue weighted by Crippen LogP contribution is -2.43. The lowest BCUT2D eigenvalue weighted by Gasteiger charge is -2.20. The summed E-state index contributed by atoms with van der Waals surface area (Å²) in [6.07, 6.45) is 0. The van der Waals surface area contributed by atoms with Gasteiger partial charge in [-0.15, -0.1) is 11.8 Å². The number of nitrogens with one attached hydrogen (secondary N) is 1. The molecular weight excluding hydrogens is 262 g/mol. The van der Waals surface area contributed by atoms with Crippen LogP contribution in [0.5, 0.6) is 5.75 Å². The number of benzene rings is 1. The molecule has 2 unspecified atom stereocenters. The number of thioether (sulfide) groups is 1. The smallest absolute Gasteiger partial charge is 0.322 e. The molecule has 1 aliphatic rings. The van der Waals surface area contributed by atoms with Crippen LogP contribution in [0.2, 0.25) is 0 Å². The first kappa shape index (κ1) is 14.2. The molecule has 0 aliphatic carbocycles. The molecule has 5 heteroatoms. The molecule has 2 rings (SSSR count). The van der Waals surface area contributed by atoms with E-state index in [4.69, 9.17) is 4.74 Å². The van der Waals surface area contributed by atoms with Crippen LogP contribution in [-0.4, -0.2) is 28.5 Å². The van der Waals surface area contributed by atoms with Gasteiger partial charge in [-0.05, 0) is 38.5 Å². The Morgan fingerprint density at radius 2 is 2.05 bits per heavy atom. The van der Waals surface area contributed by atoms with Crippen molar-refractivity contribution in [2.75, 3.05) is 6.61 Å². The Bertz CT molecular complexity index is 458. The van der Waals surface area contributed by atoms with Gasteiger partial charge in [0.05, 0.1) is 12.0 Å². The quantitative estimate of drug-likeness (QED) is 0.888. The van der Waals surface area contributed by atoms with Crippen molar-refractivity contribution in [1.29, 1.82) is 0 Å². The van der Waals surface area contributed by atoms with E-state index < -0.39 is 12.0 Å². The Balaban J connectivity index is 2.13. The van der Waals surface area contributed by atoms with Gasteiger partial charge in [-0.3, -0.25) is 10.1 Å². The Labute approximate surface area is 117 Å². The van der Waals surface area contributed by atoms with Gasteiger partial charge in [-0.2, -0.15) is 0 Å². The van der Waals surface area contributed by atoms with Gasteiger partial charge in [0.15, 0.2) is 0 Å². The summed E-state index contributed by atoms with van der Waals surface area (Å²) >= 11 is 1.64. The number of hydrogen-bond donors (Lipinski definition) is 2. The van der Waals surface area contributed by atoms with E-state index in [2.05, 4.69) is 5.32 Å². The summed E-state index contributed by atoms with van der Waals surface area (Å²) in [4.78, 5) is 11.2. The summed E-state index contributed by atoms with van der Waals surface area (Å²) in [6, 6.07) is 7.27. The van der Waals surface area contributed by atoms with Gasteiger partial charge in [0.1, 0.15) is 11.8 Å². The molecule has 1 fully saturated rings. The van der Waals surface area contributed by atoms with Crippen molar-refractivity contribution in [3.8, 4) is 5.75 Å². The van der Waals surface area contributed by atoms with E-state index >= 15 is 0 Å². The first-order valence-electron chi connectivity index (χ1n) is 6.33. The average molecular weight is 281 g/mol. The Morgan fingerprint density at radius 3 is 2.53 bits per heavy atom. The molecule has 0 spiro atoms. The Morgan fingerprint density at radius 1 is 1.42 bits per heavy atom. The maximum Gasteiger partial charge on any atom is 0.322 e. The zero-order valence-corrected chi connectivity index (χ0v) is 12.2. The zero-order valence-electron chi connectivity index (χ0n) is 11.3. The van der Waals surface area contributed by atoms with Crippen LogP contribution < -0.4 is 10.1 Å². The fourth-order valence-corrected chi connectivity index (χ4v) is 3.61. The van der Waals surface area contributed by atoms with Crippen molar-refractivity contribution < 1.29 is 14.6 Å². The number of carboxylic acid groups (broad SMARTS) is 1. The molecule has 2 atom stereocenters. The lowest BCUT2D eigenvalue weighted by molar-refractivity contribution is -0.139. The Kier molecular flexibility index (Phi) is 4.06. The molecule has 0 bridgehead atoms. The highest BCUT2D eigenvalue weighted by Gasteiger charge is 2.45. The van der Waals surface area contributed by atoms with E-state index in [0.29, 0.717) is 6.61 Å². The van der Waals surface area contributed by atoms with E-state index in [0.717, 1.165) is 11.3 Å². The number of rotatable bonds is 4. The molecule has 0 amide bonds. The highest BCUT2D eigenvalue weighted by molar-refractivity contribution is 8.01. The summed E-state index contributed by atoms with van der Waals surface area (Å²) in [7, 11) is 0. The second-order valence-electron chi connectivity index (χ2n) is 5.04. The van der Waals surface area contributed by atoms with Crippen molar-refractivity contribution in [2.45, 2.75) is 36.9 Å². The molecule has 1 heterocycles. The molecule has 4 nitrogen and oxygen atoms in total. The number of ether oxygens (including phenoxy) is 1. The minimum absolute atomic E-state index is 0.00627. The minimum Gasteiger partial charge on any atom is -0.494 e. The van der Waals surface area contributed by atoms with Crippen LogP contribution in [0.25, 0.3) is 0 Å². The standard InChI is InChI=1S/C14H19NO3S/c1-4-18-10-7-5-9(6-8-10)12-15-11(13(16)17)14(2,3)19-12/h5-8,11-12,15H,4H2,1-3H3,(H,16,17). The van der Waals surface area contributed by atoms with Gasteiger partial charge in [-0.1, -0.05) is 12.1 Å². The number of carbonyl (C=O) groups is 1. The van der Waals surface area contributed by atoms with Crippen LogP contribution in [0.3, 0.4) is 0 Å². The normalized spacial score (nSPS) is 25.2. The molecule has 19 heavy (non-hydrogen) atoms. The summed E-state index contributed by atoms with van der Waals surface area (Å²) in [5, 5.41) is 12.4. The monoisotopic (exact) mass is 281 g/mol. The number of hydrogen-bond acceptors (Lipinski definition) is 4. The molecule has 1 aromatic carbocycles. The second kappa shape index (κ2) is 5.43. The molecule has 1 saturated heterocycles. The first-order valence-corrected chi connectivity index (χ1v) is 7.21. The fraction of sp³-hybridized carbons (Fsp3) is 0.500. The van der Waals surface area contributed by atoms with Crippen molar-refractivity contribution in [3.05, 3.63) is 29.8 Å². The minimum atomic E-state index is -0.800. The number of carboxylic acids is 1. The molecule has 0 aromatic heterocycles. The van der Waals surface area contributed by atoms with E-state index in [9.17, 15) is 9.90 Å².